The minimum atomic E-state index is -0.197. The number of aryl methyl sites for hydroxylation is 2. The van der Waals surface area contributed by atoms with Gasteiger partial charge in [0.25, 0.3) is 5.56 Å². The van der Waals surface area contributed by atoms with Crippen LogP contribution in [0.4, 0.5) is 0 Å². The van der Waals surface area contributed by atoms with Gasteiger partial charge >= 0.3 is 0 Å². The fourth-order valence-electron chi connectivity index (χ4n) is 3.43. The summed E-state index contributed by atoms with van der Waals surface area (Å²) in [6.07, 6.45) is 2.81. The van der Waals surface area contributed by atoms with Gasteiger partial charge in [0, 0.05) is 24.5 Å². The van der Waals surface area contributed by atoms with E-state index in [0.29, 0.717) is 10.5 Å². The summed E-state index contributed by atoms with van der Waals surface area (Å²) in [6, 6.07) is 6.26. The first-order chi connectivity index (χ1) is 13.5. The molecule has 1 unspecified atom stereocenters. The van der Waals surface area contributed by atoms with Gasteiger partial charge in [0.2, 0.25) is 5.91 Å². The van der Waals surface area contributed by atoms with Gasteiger partial charge in [-0.25, -0.2) is 4.98 Å². The van der Waals surface area contributed by atoms with Crippen molar-refractivity contribution in [1.29, 1.82) is 0 Å². The fraction of sp³-hybridized carbons (Fsp3) is 0.381. The second-order valence-electron chi connectivity index (χ2n) is 7.28. The molecule has 0 bridgehead atoms. The summed E-state index contributed by atoms with van der Waals surface area (Å²) in [5, 5.41) is 6.02. The molecule has 0 saturated carbocycles. The van der Waals surface area contributed by atoms with E-state index >= 15 is 0 Å². The summed E-state index contributed by atoms with van der Waals surface area (Å²) in [6.45, 7) is 4.89. The van der Waals surface area contributed by atoms with Gasteiger partial charge in [-0.2, -0.15) is 0 Å². The number of aromatic nitrogens is 2. The van der Waals surface area contributed by atoms with Crippen LogP contribution in [0.1, 0.15) is 30.4 Å². The zero-order valence-electron chi connectivity index (χ0n) is 16.2. The molecular formula is C21H23N3O2S2. The maximum Gasteiger partial charge on any atom is 0.263 e. The van der Waals surface area contributed by atoms with Crippen LogP contribution in [0.2, 0.25) is 0 Å². The van der Waals surface area contributed by atoms with Gasteiger partial charge in [-0.3, -0.25) is 14.2 Å². The molecule has 4 rings (SSSR count). The number of nitrogens with zero attached hydrogens (tertiary/aromatic N) is 2. The maximum atomic E-state index is 13.2. The standard InChI is InChI=1S/C21H23N3O2S2/c1-12-7-8-14(10-13(12)2)15-11-27-19-17(15)20(26)24(3)21(23-19)28-16-6-4-5-9-22-18(16)25/h7-8,10-11,16H,4-6,9H2,1-3H3,(H,22,25). The summed E-state index contributed by atoms with van der Waals surface area (Å²) in [7, 11) is 1.74. The lowest BCUT2D eigenvalue weighted by molar-refractivity contribution is -0.120. The van der Waals surface area contributed by atoms with Crippen molar-refractivity contribution in [3.63, 3.8) is 0 Å². The molecule has 146 valence electrons. The Morgan fingerprint density at radius 3 is 2.82 bits per heavy atom. The van der Waals surface area contributed by atoms with Crippen LogP contribution in [0.15, 0.2) is 33.5 Å². The van der Waals surface area contributed by atoms with E-state index < -0.39 is 0 Å². The third-order valence-corrected chi connectivity index (χ3v) is 7.51. The molecule has 1 fully saturated rings. The molecule has 2 aromatic heterocycles. The smallest absolute Gasteiger partial charge is 0.263 e. The predicted octanol–water partition coefficient (Wildman–Crippen LogP) is 4.04. The molecule has 0 radical (unpaired) electrons. The molecule has 1 N–H and O–H groups in total. The summed E-state index contributed by atoms with van der Waals surface area (Å²) < 4.78 is 1.59. The van der Waals surface area contributed by atoms with Gasteiger partial charge < -0.3 is 5.32 Å². The van der Waals surface area contributed by atoms with Crippen LogP contribution in [0, 0.1) is 13.8 Å². The van der Waals surface area contributed by atoms with Crippen LogP contribution < -0.4 is 10.9 Å². The van der Waals surface area contributed by atoms with Crippen LogP contribution in [0.5, 0.6) is 0 Å². The van der Waals surface area contributed by atoms with E-state index in [2.05, 4.69) is 37.4 Å². The largest absolute Gasteiger partial charge is 0.355 e. The Hall–Kier alpha value is -2.12. The molecule has 1 atom stereocenters. The van der Waals surface area contributed by atoms with Crippen LogP contribution in [-0.2, 0) is 11.8 Å². The first-order valence-corrected chi connectivity index (χ1v) is 11.2. The number of thioether (sulfide) groups is 1. The van der Waals surface area contributed by atoms with Crippen LogP contribution in [-0.4, -0.2) is 27.3 Å². The van der Waals surface area contributed by atoms with E-state index in [1.54, 1.807) is 11.6 Å². The van der Waals surface area contributed by atoms with Crippen molar-refractivity contribution in [2.75, 3.05) is 6.54 Å². The van der Waals surface area contributed by atoms with E-state index in [0.717, 1.165) is 41.8 Å². The molecule has 0 spiro atoms. The minimum absolute atomic E-state index is 0.0406. The molecule has 28 heavy (non-hydrogen) atoms. The van der Waals surface area contributed by atoms with Crippen molar-refractivity contribution in [2.24, 2.45) is 7.05 Å². The van der Waals surface area contributed by atoms with Gasteiger partial charge in [0.15, 0.2) is 5.16 Å². The third kappa shape index (κ3) is 3.49. The quantitative estimate of drug-likeness (QED) is 0.658. The average Bonchev–Trinajstić information content (AvgIpc) is 2.99. The molecule has 1 amide bonds. The number of rotatable bonds is 3. The lowest BCUT2D eigenvalue weighted by Gasteiger charge is -2.14. The summed E-state index contributed by atoms with van der Waals surface area (Å²) >= 11 is 2.88. The number of fused-ring (bicyclic) bond motifs is 1. The lowest BCUT2D eigenvalue weighted by Crippen LogP contribution is -2.31. The van der Waals surface area contributed by atoms with Crippen molar-refractivity contribution in [2.45, 2.75) is 43.5 Å². The molecule has 5 nitrogen and oxygen atoms in total. The second-order valence-corrected chi connectivity index (χ2v) is 9.31. The van der Waals surface area contributed by atoms with Gasteiger partial charge in [-0.05, 0) is 43.4 Å². The second kappa shape index (κ2) is 7.72. The van der Waals surface area contributed by atoms with E-state index in [-0.39, 0.29) is 16.7 Å². The Bertz CT molecular complexity index is 1120. The highest BCUT2D eigenvalue weighted by Crippen LogP contribution is 2.34. The van der Waals surface area contributed by atoms with Crippen molar-refractivity contribution in [3.8, 4) is 11.1 Å². The van der Waals surface area contributed by atoms with Crippen LogP contribution in [0.3, 0.4) is 0 Å². The molecular weight excluding hydrogens is 390 g/mol. The van der Waals surface area contributed by atoms with Crippen molar-refractivity contribution in [1.82, 2.24) is 14.9 Å². The molecule has 7 heteroatoms. The molecule has 1 aliphatic rings. The van der Waals surface area contributed by atoms with Crippen molar-refractivity contribution < 1.29 is 4.79 Å². The molecule has 1 aliphatic heterocycles. The molecule has 0 aliphatic carbocycles. The lowest BCUT2D eigenvalue weighted by atomic mass is 10.0. The summed E-state index contributed by atoms with van der Waals surface area (Å²) in [5.41, 5.74) is 4.34. The van der Waals surface area contributed by atoms with E-state index in [1.165, 1.54) is 34.2 Å². The topological polar surface area (TPSA) is 64.0 Å². The number of thiophene rings is 1. The van der Waals surface area contributed by atoms with E-state index in [1.807, 2.05) is 5.38 Å². The zero-order valence-corrected chi connectivity index (χ0v) is 17.9. The molecule has 3 aromatic rings. The van der Waals surface area contributed by atoms with Crippen LogP contribution in [0.25, 0.3) is 21.3 Å². The highest BCUT2D eigenvalue weighted by Gasteiger charge is 2.25. The monoisotopic (exact) mass is 413 g/mol. The van der Waals surface area contributed by atoms with Gasteiger partial charge in [0.1, 0.15) is 4.83 Å². The maximum absolute atomic E-state index is 13.2. The number of carbonyl (C=O) groups excluding carboxylic acids is 1. The van der Waals surface area contributed by atoms with Gasteiger partial charge in [-0.15, -0.1) is 11.3 Å². The summed E-state index contributed by atoms with van der Waals surface area (Å²) in [5.74, 6) is 0.0406. The van der Waals surface area contributed by atoms with Crippen LogP contribution >= 0.6 is 23.1 Å². The Labute approximate surface area is 172 Å². The van der Waals surface area contributed by atoms with Gasteiger partial charge in [-0.1, -0.05) is 36.4 Å². The van der Waals surface area contributed by atoms with Crippen molar-refractivity contribution in [3.05, 3.63) is 45.1 Å². The fourth-order valence-corrected chi connectivity index (χ4v) is 5.54. The van der Waals surface area contributed by atoms with E-state index in [9.17, 15) is 9.59 Å². The normalized spacial score (nSPS) is 17.5. The van der Waals surface area contributed by atoms with E-state index in [4.69, 9.17) is 4.98 Å². The third-order valence-electron chi connectivity index (χ3n) is 5.32. The highest BCUT2D eigenvalue weighted by atomic mass is 32.2. The molecule has 3 heterocycles. The SMILES string of the molecule is Cc1ccc(-c2csc3nc(SC4CCCCNC4=O)n(C)c(=O)c23)cc1C. The zero-order chi connectivity index (χ0) is 19.8. The first-order valence-electron chi connectivity index (χ1n) is 9.46. The number of benzene rings is 1. The molecule has 1 saturated heterocycles. The highest BCUT2D eigenvalue weighted by molar-refractivity contribution is 8.00. The number of nitrogens with one attached hydrogen (secondary N) is 1. The predicted molar refractivity (Wildman–Crippen MR) is 116 cm³/mol. The van der Waals surface area contributed by atoms with Crippen molar-refractivity contribution >= 4 is 39.2 Å². The number of carbonyl (C=O) groups is 1. The number of amides is 1. The minimum Gasteiger partial charge on any atom is -0.355 e. The number of hydrogen-bond donors (Lipinski definition) is 1. The Morgan fingerprint density at radius 2 is 2.04 bits per heavy atom. The Morgan fingerprint density at radius 1 is 1.21 bits per heavy atom. The molecule has 1 aromatic carbocycles. The Kier molecular flexibility index (Phi) is 5.29. The first kappa shape index (κ1) is 19.2. The van der Waals surface area contributed by atoms with Gasteiger partial charge in [0.05, 0.1) is 10.6 Å². The average molecular weight is 414 g/mol. The number of hydrogen-bond acceptors (Lipinski definition) is 5. The summed E-state index contributed by atoms with van der Waals surface area (Å²) in [4.78, 5) is 30.9. The Balaban J connectivity index is 1.76.